The Morgan fingerprint density at radius 3 is 2.79 bits per heavy atom. The van der Waals surface area contributed by atoms with E-state index in [1.54, 1.807) is 7.05 Å². The van der Waals surface area contributed by atoms with Gasteiger partial charge in [-0.15, -0.1) is 0 Å². The molecule has 1 saturated carbocycles. The third kappa shape index (κ3) is 5.09. The van der Waals surface area contributed by atoms with Gasteiger partial charge in [-0.3, -0.25) is 4.79 Å². The van der Waals surface area contributed by atoms with Gasteiger partial charge >= 0.3 is 0 Å². The fourth-order valence-electron chi connectivity index (χ4n) is 2.53. The number of nitrogens with two attached hydrogens (primary N) is 1. The van der Waals surface area contributed by atoms with E-state index in [4.69, 9.17) is 15.2 Å². The summed E-state index contributed by atoms with van der Waals surface area (Å²) in [6.45, 7) is 6.19. The Labute approximate surface area is 116 Å². The number of nitrogens with one attached hydrogen (secondary N) is 1. The molecule has 19 heavy (non-hydrogen) atoms. The van der Waals surface area contributed by atoms with E-state index in [2.05, 4.69) is 19.2 Å². The van der Waals surface area contributed by atoms with Gasteiger partial charge in [-0.2, -0.15) is 0 Å². The maximum Gasteiger partial charge on any atom is 0.237 e. The number of ether oxygens (including phenoxy) is 2. The standard InChI is InChI=1S/C14H28N2O3/c1-11(2)10-18-7-8-19-12-5-4-6-14(9-12,16-3)13(15)17/h11-12,16H,4-10H2,1-3H3,(H2,15,17). The topological polar surface area (TPSA) is 73.6 Å². The molecule has 5 nitrogen and oxygen atoms in total. The minimum Gasteiger partial charge on any atom is -0.379 e. The molecule has 0 spiro atoms. The molecule has 0 bridgehead atoms. The first-order valence-electron chi connectivity index (χ1n) is 7.18. The van der Waals surface area contributed by atoms with E-state index in [1.807, 2.05) is 0 Å². The van der Waals surface area contributed by atoms with Crippen LogP contribution in [0.3, 0.4) is 0 Å². The van der Waals surface area contributed by atoms with Crippen molar-refractivity contribution in [1.29, 1.82) is 0 Å². The van der Waals surface area contributed by atoms with Gasteiger partial charge in [-0.1, -0.05) is 13.8 Å². The molecule has 1 rings (SSSR count). The summed E-state index contributed by atoms with van der Waals surface area (Å²) < 4.78 is 11.3. The van der Waals surface area contributed by atoms with Crippen molar-refractivity contribution >= 4 is 5.91 Å². The molecule has 112 valence electrons. The number of rotatable bonds is 8. The second kappa shape index (κ2) is 7.82. The van der Waals surface area contributed by atoms with Crippen LogP contribution in [0.25, 0.3) is 0 Å². The Morgan fingerprint density at radius 2 is 2.21 bits per heavy atom. The molecule has 1 aliphatic rings. The van der Waals surface area contributed by atoms with Crippen molar-refractivity contribution in [3.63, 3.8) is 0 Å². The molecule has 5 heteroatoms. The number of carbonyl (C=O) groups is 1. The average Bonchev–Trinajstić information content (AvgIpc) is 2.38. The van der Waals surface area contributed by atoms with Crippen LogP contribution in [0.2, 0.25) is 0 Å². The van der Waals surface area contributed by atoms with Gasteiger partial charge in [0.1, 0.15) is 0 Å². The van der Waals surface area contributed by atoms with Crippen molar-refractivity contribution in [3.05, 3.63) is 0 Å². The Balaban J connectivity index is 2.29. The molecule has 1 aliphatic carbocycles. The van der Waals surface area contributed by atoms with E-state index < -0.39 is 5.54 Å². The van der Waals surface area contributed by atoms with E-state index in [9.17, 15) is 4.79 Å². The Kier molecular flexibility index (Phi) is 6.75. The van der Waals surface area contributed by atoms with Crippen LogP contribution in [-0.4, -0.2) is 44.4 Å². The molecule has 0 aliphatic heterocycles. The number of amides is 1. The van der Waals surface area contributed by atoms with Crippen LogP contribution in [0.4, 0.5) is 0 Å². The molecular formula is C14H28N2O3. The number of primary amides is 1. The van der Waals surface area contributed by atoms with Crippen LogP contribution < -0.4 is 11.1 Å². The summed E-state index contributed by atoms with van der Waals surface area (Å²) in [5.41, 5.74) is 4.91. The monoisotopic (exact) mass is 272 g/mol. The minimum atomic E-state index is -0.596. The maximum absolute atomic E-state index is 11.6. The maximum atomic E-state index is 11.6. The molecule has 0 heterocycles. The minimum absolute atomic E-state index is 0.0938. The van der Waals surface area contributed by atoms with Crippen molar-refractivity contribution in [1.82, 2.24) is 5.32 Å². The van der Waals surface area contributed by atoms with Gasteiger partial charge in [0.05, 0.1) is 24.9 Å². The summed E-state index contributed by atoms with van der Waals surface area (Å²) in [6.07, 6.45) is 3.49. The fourth-order valence-corrected chi connectivity index (χ4v) is 2.53. The average molecular weight is 272 g/mol. The van der Waals surface area contributed by atoms with Crippen molar-refractivity contribution in [2.24, 2.45) is 11.7 Å². The summed E-state index contributed by atoms with van der Waals surface area (Å²) in [5.74, 6) is 0.265. The first-order chi connectivity index (χ1) is 9.00. The molecule has 1 fully saturated rings. The first-order valence-corrected chi connectivity index (χ1v) is 7.18. The summed E-state index contributed by atoms with van der Waals surface area (Å²) in [5, 5.41) is 3.08. The second-order valence-corrected chi connectivity index (χ2v) is 5.75. The molecule has 0 radical (unpaired) electrons. The largest absolute Gasteiger partial charge is 0.379 e. The van der Waals surface area contributed by atoms with Crippen LogP contribution in [0.15, 0.2) is 0 Å². The molecule has 3 N–H and O–H groups in total. The van der Waals surface area contributed by atoms with E-state index in [0.29, 0.717) is 25.6 Å². The molecule has 2 atom stereocenters. The van der Waals surface area contributed by atoms with E-state index >= 15 is 0 Å². The summed E-state index contributed by atoms with van der Waals surface area (Å²) in [7, 11) is 1.79. The second-order valence-electron chi connectivity index (χ2n) is 5.75. The predicted octanol–water partition coefficient (Wildman–Crippen LogP) is 1.06. The van der Waals surface area contributed by atoms with Crippen LogP contribution in [0.5, 0.6) is 0 Å². The smallest absolute Gasteiger partial charge is 0.237 e. The van der Waals surface area contributed by atoms with E-state index in [-0.39, 0.29) is 12.0 Å². The molecule has 0 saturated heterocycles. The van der Waals surface area contributed by atoms with Crippen molar-refractivity contribution in [2.75, 3.05) is 26.9 Å². The highest BCUT2D eigenvalue weighted by Gasteiger charge is 2.40. The van der Waals surface area contributed by atoms with Gasteiger partial charge in [-0.05, 0) is 32.2 Å². The molecule has 1 amide bonds. The number of likely N-dealkylation sites (N-methyl/N-ethyl adjacent to an activating group) is 1. The van der Waals surface area contributed by atoms with Gasteiger partial charge in [0, 0.05) is 13.0 Å². The summed E-state index contributed by atoms with van der Waals surface area (Å²) in [4.78, 5) is 11.6. The van der Waals surface area contributed by atoms with Crippen molar-refractivity contribution < 1.29 is 14.3 Å². The number of carbonyl (C=O) groups excluding carboxylic acids is 1. The lowest BCUT2D eigenvalue weighted by atomic mass is 9.79. The van der Waals surface area contributed by atoms with E-state index in [1.165, 1.54) is 0 Å². The van der Waals surface area contributed by atoms with Gasteiger partial charge < -0.3 is 20.5 Å². The molecule has 0 aromatic heterocycles. The zero-order chi connectivity index (χ0) is 14.3. The number of hydrogen-bond donors (Lipinski definition) is 2. The lowest BCUT2D eigenvalue weighted by molar-refractivity contribution is -0.128. The summed E-state index contributed by atoms with van der Waals surface area (Å²) in [6, 6.07) is 0. The van der Waals surface area contributed by atoms with Gasteiger partial charge in [0.2, 0.25) is 5.91 Å². The molecule has 0 aromatic carbocycles. The predicted molar refractivity (Wildman–Crippen MR) is 74.9 cm³/mol. The van der Waals surface area contributed by atoms with Crippen LogP contribution in [-0.2, 0) is 14.3 Å². The van der Waals surface area contributed by atoms with Gasteiger partial charge in [0.15, 0.2) is 0 Å². The molecular weight excluding hydrogens is 244 g/mol. The normalized spacial score (nSPS) is 27.7. The highest BCUT2D eigenvalue weighted by Crippen LogP contribution is 2.29. The SMILES string of the molecule is CNC1(C(N)=O)CCCC(OCCOCC(C)C)C1. The lowest BCUT2D eigenvalue weighted by Gasteiger charge is -2.38. The number of hydrogen-bond acceptors (Lipinski definition) is 4. The van der Waals surface area contributed by atoms with Crippen LogP contribution in [0, 0.1) is 5.92 Å². The zero-order valence-corrected chi connectivity index (χ0v) is 12.4. The van der Waals surface area contributed by atoms with Crippen LogP contribution >= 0.6 is 0 Å². The first kappa shape index (κ1) is 16.4. The Morgan fingerprint density at radius 1 is 1.47 bits per heavy atom. The highest BCUT2D eigenvalue weighted by atomic mass is 16.5. The highest BCUT2D eigenvalue weighted by molar-refractivity contribution is 5.84. The molecule has 0 aromatic rings. The van der Waals surface area contributed by atoms with Gasteiger partial charge in [0.25, 0.3) is 0 Å². The van der Waals surface area contributed by atoms with Crippen molar-refractivity contribution in [3.8, 4) is 0 Å². The Hall–Kier alpha value is -0.650. The van der Waals surface area contributed by atoms with Crippen LogP contribution in [0.1, 0.15) is 39.5 Å². The fraction of sp³-hybridized carbons (Fsp3) is 0.929. The van der Waals surface area contributed by atoms with Crippen molar-refractivity contribution in [2.45, 2.75) is 51.2 Å². The summed E-state index contributed by atoms with van der Waals surface area (Å²) >= 11 is 0. The third-order valence-electron chi connectivity index (χ3n) is 3.69. The quantitative estimate of drug-likeness (QED) is 0.648. The third-order valence-corrected chi connectivity index (χ3v) is 3.69. The lowest BCUT2D eigenvalue weighted by Crippen LogP contribution is -2.57. The zero-order valence-electron chi connectivity index (χ0n) is 12.4. The van der Waals surface area contributed by atoms with E-state index in [0.717, 1.165) is 25.9 Å². The van der Waals surface area contributed by atoms with Gasteiger partial charge in [-0.25, -0.2) is 0 Å². The molecule has 2 unspecified atom stereocenters. The Bertz CT molecular complexity index is 284.